The normalized spacial score (nSPS) is 17.1. The molecule has 1 aromatic carbocycles. The number of carboxylic acid groups (broad SMARTS) is 1. The highest BCUT2D eigenvalue weighted by Crippen LogP contribution is 2.21. The third-order valence-corrected chi connectivity index (χ3v) is 5.01. The monoisotopic (exact) mass is 377 g/mol. The molecule has 1 amide bonds. The number of carbonyl (C=O) groups excluding carboxylic acids is 1. The Labute approximate surface area is 151 Å². The van der Waals surface area contributed by atoms with E-state index in [1.165, 1.54) is 34.0 Å². The second kappa shape index (κ2) is 7.52. The molecule has 0 bridgehead atoms. The average molecular weight is 377 g/mol. The number of benzene rings is 1. The molecule has 0 saturated carbocycles. The minimum atomic E-state index is -0.962. The van der Waals surface area contributed by atoms with Crippen LogP contribution in [0.25, 0.3) is 5.69 Å². The lowest BCUT2D eigenvalue weighted by Gasteiger charge is -2.33. The molecule has 1 atom stereocenters. The molecule has 1 N–H and O–H groups in total. The lowest BCUT2D eigenvalue weighted by molar-refractivity contribution is -0.384. The van der Waals surface area contributed by atoms with E-state index in [1.807, 2.05) is 0 Å². The van der Waals surface area contributed by atoms with Gasteiger partial charge < -0.3 is 10.0 Å². The van der Waals surface area contributed by atoms with Crippen LogP contribution in [0.1, 0.15) is 16.9 Å². The molecule has 136 valence electrons. The average Bonchev–Trinajstić information content (AvgIpc) is 3.11. The topological polar surface area (TPSA) is 131 Å². The Morgan fingerprint density at radius 2 is 2.23 bits per heavy atom. The number of non-ortho nitro benzene ring substituents is 1. The Kier molecular flexibility index (Phi) is 5.16. The molecule has 2 aromatic rings. The first-order valence-corrected chi connectivity index (χ1v) is 8.89. The van der Waals surface area contributed by atoms with Crippen LogP contribution in [0.3, 0.4) is 0 Å². The van der Waals surface area contributed by atoms with Crippen LogP contribution >= 0.6 is 11.8 Å². The van der Waals surface area contributed by atoms with Gasteiger partial charge in [-0.15, -0.1) is 5.10 Å². The summed E-state index contributed by atoms with van der Waals surface area (Å²) in [5.41, 5.74) is 0.376. The number of amides is 1. The minimum Gasteiger partial charge on any atom is -0.481 e. The highest BCUT2D eigenvalue weighted by Gasteiger charge is 2.31. The first-order valence-electron chi connectivity index (χ1n) is 7.73. The second-order valence-electron chi connectivity index (χ2n) is 5.65. The number of aromatic nitrogens is 3. The maximum absolute atomic E-state index is 12.7. The highest BCUT2D eigenvalue weighted by molar-refractivity contribution is 7.99. The van der Waals surface area contributed by atoms with E-state index in [4.69, 9.17) is 5.11 Å². The summed E-state index contributed by atoms with van der Waals surface area (Å²) in [7, 11) is 0. The van der Waals surface area contributed by atoms with Crippen molar-refractivity contribution in [1.29, 1.82) is 0 Å². The van der Waals surface area contributed by atoms with Gasteiger partial charge in [-0.3, -0.25) is 19.7 Å². The van der Waals surface area contributed by atoms with Gasteiger partial charge in [0, 0.05) is 30.2 Å². The van der Waals surface area contributed by atoms with E-state index in [1.54, 1.807) is 17.8 Å². The van der Waals surface area contributed by atoms with E-state index in [0.29, 0.717) is 18.0 Å². The van der Waals surface area contributed by atoms with Crippen molar-refractivity contribution in [3.8, 4) is 5.69 Å². The van der Waals surface area contributed by atoms with Crippen LogP contribution in [-0.4, -0.2) is 65.9 Å². The number of carboxylic acids is 1. The minimum absolute atomic E-state index is 0.0683. The Hall–Kier alpha value is -2.95. The van der Waals surface area contributed by atoms with Crippen LogP contribution in [0.15, 0.2) is 30.5 Å². The Morgan fingerprint density at radius 1 is 1.42 bits per heavy atom. The molecule has 3 rings (SSSR count). The zero-order valence-electron chi connectivity index (χ0n) is 13.5. The first kappa shape index (κ1) is 17.9. The SMILES string of the molecule is O=C(O)CC1CSCCN1C(=O)c1cn(-c2cccc([N+](=O)[O-])c2)nn1. The standard InChI is InChI=1S/C15H15N5O5S/c21-14(22)7-12-9-26-5-4-18(12)15(23)13-8-19(17-16-13)10-2-1-3-11(6-10)20(24)25/h1-3,6,8,12H,4-5,7,9H2,(H,21,22). The molecule has 1 saturated heterocycles. The molecular weight excluding hydrogens is 362 g/mol. The fraction of sp³-hybridized carbons (Fsp3) is 0.333. The Morgan fingerprint density at radius 3 is 2.96 bits per heavy atom. The van der Waals surface area contributed by atoms with Crippen molar-refractivity contribution >= 4 is 29.3 Å². The van der Waals surface area contributed by atoms with Crippen molar-refractivity contribution in [2.75, 3.05) is 18.1 Å². The molecule has 11 heteroatoms. The molecule has 0 radical (unpaired) electrons. The zero-order chi connectivity index (χ0) is 18.7. The number of rotatable bonds is 5. The van der Waals surface area contributed by atoms with Crippen LogP contribution in [0.5, 0.6) is 0 Å². The molecule has 0 aliphatic carbocycles. The number of nitrogens with zero attached hydrogens (tertiary/aromatic N) is 5. The van der Waals surface area contributed by atoms with Gasteiger partial charge in [0.2, 0.25) is 0 Å². The van der Waals surface area contributed by atoms with Crippen LogP contribution in [0.2, 0.25) is 0 Å². The Bertz CT molecular complexity index is 854. The largest absolute Gasteiger partial charge is 0.481 e. The van der Waals surface area contributed by atoms with Crippen LogP contribution in [0, 0.1) is 10.1 Å². The molecule has 1 aliphatic rings. The molecule has 0 spiro atoms. The molecular formula is C15H15N5O5S. The van der Waals surface area contributed by atoms with Gasteiger partial charge in [-0.2, -0.15) is 11.8 Å². The molecule has 26 heavy (non-hydrogen) atoms. The summed E-state index contributed by atoms with van der Waals surface area (Å²) in [5.74, 6) is -0.0819. The van der Waals surface area contributed by atoms with E-state index in [-0.39, 0.29) is 17.8 Å². The summed E-state index contributed by atoms with van der Waals surface area (Å²) in [6, 6.07) is 5.41. The van der Waals surface area contributed by atoms with E-state index >= 15 is 0 Å². The van der Waals surface area contributed by atoms with Crippen LogP contribution in [-0.2, 0) is 4.79 Å². The number of nitro groups is 1. The smallest absolute Gasteiger partial charge is 0.305 e. The van der Waals surface area contributed by atoms with Gasteiger partial charge in [-0.1, -0.05) is 11.3 Å². The molecule has 2 heterocycles. The fourth-order valence-corrected chi connectivity index (χ4v) is 3.74. The molecule has 10 nitrogen and oxygen atoms in total. The van der Waals surface area contributed by atoms with E-state index < -0.39 is 22.8 Å². The van der Waals surface area contributed by atoms with E-state index in [2.05, 4.69) is 10.3 Å². The maximum Gasteiger partial charge on any atom is 0.305 e. The summed E-state index contributed by atoms with van der Waals surface area (Å²) in [6.07, 6.45) is 1.26. The number of aliphatic carboxylic acids is 1. The highest BCUT2D eigenvalue weighted by atomic mass is 32.2. The number of hydrogen-bond donors (Lipinski definition) is 1. The second-order valence-corrected chi connectivity index (χ2v) is 6.80. The van der Waals surface area contributed by atoms with E-state index in [9.17, 15) is 19.7 Å². The summed E-state index contributed by atoms with van der Waals surface area (Å²) in [4.78, 5) is 35.6. The van der Waals surface area contributed by atoms with Crippen molar-refractivity contribution < 1.29 is 19.6 Å². The van der Waals surface area contributed by atoms with Crippen LogP contribution < -0.4 is 0 Å². The predicted octanol–water partition coefficient (Wildman–Crippen LogP) is 1.21. The number of carbonyl (C=O) groups is 2. The zero-order valence-corrected chi connectivity index (χ0v) is 14.3. The predicted molar refractivity (Wildman–Crippen MR) is 92.4 cm³/mol. The van der Waals surface area contributed by atoms with Gasteiger partial charge in [0.1, 0.15) is 0 Å². The lowest BCUT2D eigenvalue weighted by Crippen LogP contribution is -2.47. The van der Waals surface area contributed by atoms with Crippen molar-refractivity contribution in [3.63, 3.8) is 0 Å². The summed E-state index contributed by atoms with van der Waals surface area (Å²) in [6.45, 7) is 0.436. The van der Waals surface area contributed by atoms with Gasteiger partial charge >= 0.3 is 5.97 Å². The molecule has 1 unspecified atom stereocenters. The number of thioether (sulfide) groups is 1. The molecule has 1 aliphatic heterocycles. The first-order chi connectivity index (χ1) is 12.5. The summed E-state index contributed by atoms with van der Waals surface area (Å²) < 4.78 is 1.28. The third-order valence-electron chi connectivity index (χ3n) is 3.92. The maximum atomic E-state index is 12.7. The molecule has 1 fully saturated rings. The van der Waals surface area contributed by atoms with Gasteiger partial charge in [0.15, 0.2) is 5.69 Å². The summed E-state index contributed by atoms with van der Waals surface area (Å²) in [5, 5.41) is 27.6. The van der Waals surface area contributed by atoms with Crippen LogP contribution in [0.4, 0.5) is 5.69 Å². The van der Waals surface area contributed by atoms with Gasteiger partial charge in [0.05, 0.1) is 29.3 Å². The third kappa shape index (κ3) is 3.82. The van der Waals surface area contributed by atoms with E-state index in [0.717, 1.165) is 5.75 Å². The van der Waals surface area contributed by atoms with Crippen molar-refractivity contribution in [1.82, 2.24) is 19.9 Å². The van der Waals surface area contributed by atoms with Crippen molar-refractivity contribution in [2.45, 2.75) is 12.5 Å². The van der Waals surface area contributed by atoms with Gasteiger partial charge in [-0.05, 0) is 6.07 Å². The van der Waals surface area contributed by atoms with Crippen molar-refractivity contribution in [3.05, 3.63) is 46.3 Å². The van der Waals surface area contributed by atoms with Gasteiger partial charge in [-0.25, -0.2) is 4.68 Å². The lowest BCUT2D eigenvalue weighted by atomic mass is 10.2. The number of hydrogen-bond acceptors (Lipinski definition) is 7. The molecule has 1 aromatic heterocycles. The number of nitro benzene ring substituents is 1. The summed E-state index contributed by atoms with van der Waals surface area (Å²) >= 11 is 1.61. The van der Waals surface area contributed by atoms with Crippen molar-refractivity contribution in [2.24, 2.45) is 0 Å². The quantitative estimate of drug-likeness (QED) is 0.607. The fourth-order valence-electron chi connectivity index (χ4n) is 2.68. The van der Waals surface area contributed by atoms with Gasteiger partial charge in [0.25, 0.3) is 11.6 Å². The Balaban J connectivity index is 1.82.